The summed E-state index contributed by atoms with van der Waals surface area (Å²) in [6.07, 6.45) is -0.800. The van der Waals surface area contributed by atoms with E-state index in [1.807, 2.05) is 6.07 Å². The molecule has 0 saturated carbocycles. The molecule has 2 aromatic carbocycles. The average Bonchev–Trinajstić information content (AvgIpc) is 2.74. The molecule has 1 atom stereocenters. The molecule has 29 heavy (non-hydrogen) atoms. The molecule has 0 heterocycles. The molecule has 2 aromatic rings. The van der Waals surface area contributed by atoms with Crippen molar-refractivity contribution in [2.75, 3.05) is 26.2 Å². The first-order valence-corrected chi connectivity index (χ1v) is 9.16. The summed E-state index contributed by atoms with van der Waals surface area (Å²) in [6.45, 7) is 2.21. The summed E-state index contributed by atoms with van der Waals surface area (Å²) in [6, 6.07) is 17.4. The maximum Gasteiger partial charge on any atom is 0.269 e. The second-order valence-corrected chi connectivity index (χ2v) is 6.25. The van der Waals surface area contributed by atoms with Crippen LogP contribution in [0.2, 0.25) is 0 Å². The number of aliphatic hydroxyl groups is 1. The molecule has 0 aliphatic carbocycles. The number of hydrazine groups is 1. The first-order valence-electron chi connectivity index (χ1n) is 9.16. The molecule has 0 saturated heterocycles. The summed E-state index contributed by atoms with van der Waals surface area (Å²) in [5.41, 5.74) is 3.42. The second kappa shape index (κ2) is 11.4. The van der Waals surface area contributed by atoms with Gasteiger partial charge in [-0.3, -0.25) is 20.0 Å². The number of hydrogen-bond acceptors (Lipinski definition) is 6. The van der Waals surface area contributed by atoms with Crippen molar-refractivity contribution in [1.29, 1.82) is 5.26 Å². The Kier molecular flexibility index (Phi) is 8.63. The Morgan fingerprint density at radius 2 is 1.86 bits per heavy atom. The third-order valence-corrected chi connectivity index (χ3v) is 3.98. The van der Waals surface area contributed by atoms with Crippen LogP contribution in [-0.2, 0) is 4.79 Å². The first-order chi connectivity index (χ1) is 14.0. The predicted octanol–water partition coefficient (Wildman–Crippen LogP) is 1.08. The molecule has 0 aromatic heterocycles. The van der Waals surface area contributed by atoms with Gasteiger partial charge in [0.15, 0.2) is 0 Å². The average molecular weight is 396 g/mol. The lowest BCUT2D eigenvalue weighted by molar-refractivity contribution is -0.131. The largest absolute Gasteiger partial charge is 0.489 e. The number of benzene rings is 2. The molecule has 0 aliphatic heterocycles. The zero-order valence-electron chi connectivity index (χ0n) is 16.2. The van der Waals surface area contributed by atoms with E-state index in [2.05, 4.69) is 10.7 Å². The van der Waals surface area contributed by atoms with Crippen molar-refractivity contribution in [2.45, 2.75) is 13.0 Å². The SMILES string of the molecule is CC(=O)N(CCNCC(O)COc1ccccc1C#N)NC(=O)c1ccccc1. The highest BCUT2D eigenvalue weighted by atomic mass is 16.5. The number of carbonyl (C=O) groups excluding carboxylic acids is 2. The van der Waals surface area contributed by atoms with Gasteiger partial charge in [0.1, 0.15) is 24.5 Å². The molecule has 0 aliphatic rings. The van der Waals surface area contributed by atoms with Gasteiger partial charge in [-0.25, -0.2) is 0 Å². The summed E-state index contributed by atoms with van der Waals surface area (Å²) >= 11 is 0. The Labute approximate surface area is 169 Å². The van der Waals surface area contributed by atoms with E-state index in [1.54, 1.807) is 54.6 Å². The van der Waals surface area contributed by atoms with Gasteiger partial charge in [-0.2, -0.15) is 5.26 Å². The Hall–Kier alpha value is -3.41. The van der Waals surface area contributed by atoms with E-state index < -0.39 is 6.10 Å². The van der Waals surface area contributed by atoms with Gasteiger partial charge in [0.25, 0.3) is 5.91 Å². The van der Waals surface area contributed by atoms with Crippen molar-refractivity contribution in [1.82, 2.24) is 15.8 Å². The molecule has 8 nitrogen and oxygen atoms in total. The molecule has 1 unspecified atom stereocenters. The zero-order valence-corrected chi connectivity index (χ0v) is 16.2. The van der Waals surface area contributed by atoms with Gasteiger partial charge in [0, 0.05) is 25.6 Å². The van der Waals surface area contributed by atoms with Crippen LogP contribution in [0.15, 0.2) is 54.6 Å². The molecule has 3 N–H and O–H groups in total. The third-order valence-electron chi connectivity index (χ3n) is 3.98. The number of carbonyl (C=O) groups is 2. The van der Waals surface area contributed by atoms with Crippen molar-refractivity contribution in [3.8, 4) is 11.8 Å². The van der Waals surface area contributed by atoms with E-state index in [1.165, 1.54) is 11.9 Å². The molecule has 0 bridgehead atoms. The maximum absolute atomic E-state index is 12.2. The molecular formula is C21H24N4O4. The number of nitriles is 1. The van der Waals surface area contributed by atoms with E-state index in [9.17, 15) is 14.7 Å². The Balaban J connectivity index is 1.72. The van der Waals surface area contributed by atoms with E-state index in [0.29, 0.717) is 23.4 Å². The fraction of sp³-hybridized carbons (Fsp3) is 0.286. The van der Waals surface area contributed by atoms with E-state index in [4.69, 9.17) is 10.00 Å². The van der Waals surface area contributed by atoms with Gasteiger partial charge in [-0.05, 0) is 24.3 Å². The lowest BCUT2D eigenvalue weighted by Gasteiger charge is -2.22. The van der Waals surface area contributed by atoms with Gasteiger partial charge < -0.3 is 15.2 Å². The van der Waals surface area contributed by atoms with Gasteiger partial charge in [-0.1, -0.05) is 30.3 Å². The summed E-state index contributed by atoms with van der Waals surface area (Å²) < 4.78 is 5.47. The number of rotatable bonds is 9. The van der Waals surface area contributed by atoms with Crippen molar-refractivity contribution >= 4 is 11.8 Å². The standard InChI is InChI=1S/C21H24N4O4/c1-16(26)25(24-21(28)17-7-3-2-4-8-17)12-11-23-14-19(27)15-29-20-10-6-5-9-18(20)13-22/h2-10,19,23,27H,11-12,14-15H2,1H3,(H,24,28). The van der Waals surface area contributed by atoms with Gasteiger partial charge >= 0.3 is 0 Å². The highest BCUT2D eigenvalue weighted by molar-refractivity contribution is 5.95. The summed E-state index contributed by atoms with van der Waals surface area (Å²) in [5, 5.41) is 23.3. The summed E-state index contributed by atoms with van der Waals surface area (Å²) in [7, 11) is 0. The fourth-order valence-electron chi connectivity index (χ4n) is 2.46. The molecule has 0 fully saturated rings. The van der Waals surface area contributed by atoms with Gasteiger partial charge in [0.05, 0.1) is 12.1 Å². The molecule has 8 heteroatoms. The molecular weight excluding hydrogens is 372 g/mol. The molecule has 152 valence electrons. The maximum atomic E-state index is 12.2. The van der Waals surface area contributed by atoms with Crippen LogP contribution in [-0.4, -0.2) is 54.3 Å². The van der Waals surface area contributed by atoms with Crippen LogP contribution in [0.3, 0.4) is 0 Å². The number of ether oxygens (including phenoxy) is 1. The third kappa shape index (κ3) is 7.25. The van der Waals surface area contributed by atoms with Gasteiger partial charge in [0.2, 0.25) is 5.91 Å². The molecule has 2 rings (SSSR count). The van der Waals surface area contributed by atoms with Crippen LogP contribution in [0.1, 0.15) is 22.8 Å². The Bertz CT molecular complexity index is 851. The monoisotopic (exact) mass is 396 g/mol. The van der Waals surface area contributed by atoms with Crippen LogP contribution in [0, 0.1) is 11.3 Å². The van der Waals surface area contributed by atoms with Crippen molar-refractivity contribution in [3.63, 3.8) is 0 Å². The quantitative estimate of drug-likeness (QED) is 0.432. The number of hydrogen-bond donors (Lipinski definition) is 3. The molecule has 2 amide bonds. The second-order valence-electron chi connectivity index (χ2n) is 6.25. The lowest BCUT2D eigenvalue weighted by atomic mass is 10.2. The lowest BCUT2D eigenvalue weighted by Crippen LogP contribution is -2.48. The Morgan fingerprint density at radius 1 is 1.17 bits per heavy atom. The topological polar surface area (TPSA) is 115 Å². The van der Waals surface area contributed by atoms with E-state index >= 15 is 0 Å². The summed E-state index contributed by atoms with van der Waals surface area (Å²) in [4.78, 5) is 23.9. The van der Waals surface area contributed by atoms with Crippen LogP contribution in [0.5, 0.6) is 5.75 Å². The van der Waals surface area contributed by atoms with Crippen molar-refractivity contribution in [3.05, 3.63) is 65.7 Å². The molecule has 0 radical (unpaired) electrons. The fourth-order valence-corrected chi connectivity index (χ4v) is 2.46. The number of para-hydroxylation sites is 1. The highest BCUT2D eigenvalue weighted by Gasteiger charge is 2.14. The van der Waals surface area contributed by atoms with E-state index in [-0.39, 0.29) is 31.5 Å². The number of aliphatic hydroxyl groups excluding tert-OH is 1. The van der Waals surface area contributed by atoms with Crippen molar-refractivity contribution < 1.29 is 19.4 Å². The normalized spacial score (nSPS) is 11.2. The smallest absolute Gasteiger partial charge is 0.269 e. The zero-order chi connectivity index (χ0) is 21.1. The van der Waals surface area contributed by atoms with Crippen LogP contribution in [0.4, 0.5) is 0 Å². The minimum absolute atomic E-state index is 0.0207. The highest BCUT2D eigenvalue weighted by Crippen LogP contribution is 2.16. The summed E-state index contributed by atoms with van der Waals surface area (Å²) in [5.74, 6) is -0.251. The molecule has 0 spiro atoms. The van der Waals surface area contributed by atoms with E-state index in [0.717, 1.165) is 0 Å². The minimum atomic E-state index is -0.800. The Morgan fingerprint density at radius 3 is 2.55 bits per heavy atom. The van der Waals surface area contributed by atoms with Crippen LogP contribution in [0.25, 0.3) is 0 Å². The number of nitrogens with zero attached hydrogens (tertiary/aromatic N) is 2. The van der Waals surface area contributed by atoms with Crippen LogP contribution < -0.4 is 15.5 Å². The minimum Gasteiger partial charge on any atom is -0.489 e. The first kappa shape index (κ1) is 21.9. The van der Waals surface area contributed by atoms with Gasteiger partial charge in [-0.15, -0.1) is 0 Å². The number of nitrogens with one attached hydrogen (secondary N) is 2. The van der Waals surface area contributed by atoms with Crippen LogP contribution >= 0.6 is 0 Å². The van der Waals surface area contributed by atoms with Crippen molar-refractivity contribution in [2.24, 2.45) is 0 Å². The predicted molar refractivity (Wildman–Crippen MR) is 107 cm³/mol. The number of amides is 2.